The molecule has 10 heteroatoms. The maximum absolute atomic E-state index is 15.3. The number of hydrogen-bond acceptors (Lipinski definition) is 5. The molecule has 2 atom stereocenters. The number of thioether (sulfide) groups is 1. The Bertz CT molecular complexity index is 1080. The molecular formula is C26H35BrFIN4O2S. The van der Waals surface area contributed by atoms with Gasteiger partial charge in [0.2, 0.25) is 0 Å². The summed E-state index contributed by atoms with van der Waals surface area (Å²) in [4.78, 5) is 24.7. The van der Waals surface area contributed by atoms with Crippen LogP contribution in [0.25, 0.3) is 10.9 Å². The van der Waals surface area contributed by atoms with Crippen LogP contribution < -0.4 is 4.90 Å². The Balaban J connectivity index is 1.39. The van der Waals surface area contributed by atoms with E-state index in [9.17, 15) is 9.90 Å². The lowest BCUT2D eigenvalue weighted by Gasteiger charge is -2.34. The molecule has 198 valence electrons. The highest BCUT2D eigenvalue weighted by Crippen LogP contribution is 2.40. The minimum absolute atomic E-state index is 0.0420. The van der Waals surface area contributed by atoms with Crippen molar-refractivity contribution in [1.29, 1.82) is 0 Å². The zero-order chi connectivity index (χ0) is 25.7. The van der Waals surface area contributed by atoms with Crippen LogP contribution in [0.1, 0.15) is 77.6 Å². The summed E-state index contributed by atoms with van der Waals surface area (Å²) in [6.45, 7) is 3.30. The van der Waals surface area contributed by atoms with Crippen molar-refractivity contribution in [2.45, 2.75) is 94.8 Å². The van der Waals surface area contributed by atoms with Gasteiger partial charge in [-0.3, -0.25) is 0 Å². The van der Waals surface area contributed by atoms with Crippen LogP contribution in [-0.2, 0) is 0 Å². The van der Waals surface area contributed by atoms with Crippen LogP contribution in [0.5, 0.6) is 0 Å². The van der Waals surface area contributed by atoms with E-state index in [4.69, 9.17) is 4.98 Å². The molecule has 0 aliphatic carbocycles. The fourth-order valence-corrected chi connectivity index (χ4v) is 7.02. The number of hydrogen-bond donors (Lipinski definition) is 1. The summed E-state index contributed by atoms with van der Waals surface area (Å²) in [5, 5.41) is 10.8. The van der Waals surface area contributed by atoms with E-state index in [-0.39, 0.29) is 17.9 Å². The number of piperazine rings is 1. The number of anilines is 1. The molecule has 3 heterocycles. The summed E-state index contributed by atoms with van der Waals surface area (Å²) >= 11 is 7.08. The maximum atomic E-state index is 15.3. The lowest BCUT2D eigenvalue weighted by molar-refractivity contribution is 0.137. The van der Waals surface area contributed by atoms with Gasteiger partial charge in [-0.15, -0.1) is 0 Å². The fraction of sp³-hybridized carbons (Fsp3) is 0.654. The van der Waals surface area contributed by atoms with E-state index >= 15 is 4.39 Å². The second kappa shape index (κ2) is 13.3. The Kier molecular flexibility index (Phi) is 10.4. The quantitative estimate of drug-likeness (QED) is 0.0753. The predicted octanol–water partition coefficient (Wildman–Crippen LogP) is 8.09. The summed E-state index contributed by atoms with van der Waals surface area (Å²) in [6, 6.07) is 1.95. The highest BCUT2D eigenvalue weighted by atomic mass is 127. The van der Waals surface area contributed by atoms with E-state index in [0.717, 1.165) is 28.0 Å². The summed E-state index contributed by atoms with van der Waals surface area (Å²) in [5.41, 5.74) is 0.329. The van der Waals surface area contributed by atoms with Crippen molar-refractivity contribution in [3.63, 3.8) is 0 Å². The topological polar surface area (TPSA) is 69.6 Å². The SMILES string of the molecule is CCCCCCCCCCCCSc1nc(N2C[C@@H]3C[C@H]2CN3C(=O)O)c2cc(I)c(Br)c(F)c2n1. The Morgan fingerprint density at radius 2 is 1.78 bits per heavy atom. The third-order valence-electron chi connectivity index (χ3n) is 7.27. The largest absolute Gasteiger partial charge is 0.465 e. The van der Waals surface area contributed by atoms with Gasteiger partial charge in [-0.1, -0.05) is 76.5 Å². The highest BCUT2D eigenvalue weighted by Gasteiger charge is 2.46. The van der Waals surface area contributed by atoms with E-state index in [1.807, 2.05) is 6.07 Å². The van der Waals surface area contributed by atoms with Crippen LogP contribution in [0, 0.1) is 9.39 Å². The Morgan fingerprint density at radius 1 is 1.11 bits per heavy atom. The number of benzene rings is 1. The first kappa shape index (κ1) is 28.1. The maximum Gasteiger partial charge on any atom is 0.407 e. The van der Waals surface area contributed by atoms with Gasteiger partial charge in [-0.25, -0.2) is 19.2 Å². The predicted molar refractivity (Wildman–Crippen MR) is 157 cm³/mol. The Labute approximate surface area is 239 Å². The van der Waals surface area contributed by atoms with E-state index in [0.29, 0.717) is 33.6 Å². The molecule has 36 heavy (non-hydrogen) atoms. The Hall–Kier alpha value is -0.880. The van der Waals surface area contributed by atoms with Crippen LogP contribution >= 0.6 is 50.3 Å². The third-order valence-corrected chi connectivity index (χ3v) is 10.6. The molecule has 0 saturated carbocycles. The number of amides is 1. The molecular weight excluding hydrogens is 658 g/mol. The average Bonchev–Trinajstić information content (AvgIpc) is 3.47. The van der Waals surface area contributed by atoms with Crippen molar-refractivity contribution >= 4 is 73.1 Å². The number of fused-ring (bicyclic) bond motifs is 3. The van der Waals surface area contributed by atoms with Gasteiger partial charge in [0.1, 0.15) is 11.3 Å². The normalized spacial score (nSPS) is 19.1. The number of rotatable bonds is 13. The van der Waals surface area contributed by atoms with E-state index in [2.05, 4.69) is 55.3 Å². The molecule has 2 aliphatic heterocycles. The minimum atomic E-state index is -0.869. The van der Waals surface area contributed by atoms with Crippen molar-refractivity contribution < 1.29 is 14.3 Å². The van der Waals surface area contributed by atoms with Crippen molar-refractivity contribution in [3.8, 4) is 0 Å². The van der Waals surface area contributed by atoms with Crippen LogP contribution in [0.15, 0.2) is 15.7 Å². The molecule has 1 N–H and O–H groups in total. The molecule has 0 unspecified atom stereocenters. The van der Waals surface area contributed by atoms with Crippen LogP contribution in [0.3, 0.4) is 0 Å². The van der Waals surface area contributed by atoms with Crippen molar-refractivity contribution in [1.82, 2.24) is 14.9 Å². The number of likely N-dealkylation sites (tertiary alicyclic amines) is 1. The summed E-state index contributed by atoms with van der Waals surface area (Å²) in [5.74, 6) is 1.28. The second-order valence-electron chi connectivity index (χ2n) is 9.87. The first-order valence-corrected chi connectivity index (χ1v) is 16.0. The molecule has 2 aromatic rings. The summed E-state index contributed by atoms with van der Waals surface area (Å²) in [7, 11) is 0. The van der Waals surface area contributed by atoms with Gasteiger partial charge in [-0.2, -0.15) is 0 Å². The zero-order valence-electron chi connectivity index (χ0n) is 20.8. The second-order valence-corrected chi connectivity index (χ2v) is 12.9. The highest BCUT2D eigenvalue weighted by molar-refractivity contribution is 14.1. The van der Waals surface area contributed by atoms with Gasteiger partial charge in [0.15, 0.2) is 11.0 Å². The standard InChI is InChI=1S/C26H35BrFIN4O2S/c1-2-3-4-5-6-7-8-9-10-11-12-36-25-30-23-19(14-20(29)21(27)22(23)28)24(31-25)32-15-18-13-17(32)16-33(18)26(34)35/h14,17-18H,2-13,15-16H2,1H3,(H,34,35)/t17-,18-/m0/s1. The third kappa shape index (κ3) is 6.57. The lowest BCUT2D eigenvalue weighted by atomic mass is 10.1. The van der Waals surface area contributed by atoms with E-state index < -0.39 is 6.09 Å². The molecule has 1 amide bonds. The molecule has 4 rings (SSSR count). The van der Waals surface area contributed by atoms with Gasteiger partial charge >= 0.3 is 6.09 Å². The first-order chi connectivity index (χ1) is 17.4. The van der Waals surface area contributed by atoms with Gasteiger partial charge in [0.25, 0.3) is 0 Å². The van der Waals surface area contributed by atoms with Gasteiger partial charge in [-0.05, 0) is 57.4 Å². The van der Waals surface area contributed by atoms with Gasteiger partial charge in [0.05, 0.1) is 16.6 Å². The molecule has 6 nitrogen and oxygen atoms in total. The zero-order valence-corrected chi connectivity index (χ0v) is 25.4. The van der Waals surface area contributed by atoms with E-state index in [1.165, 1.54) is 62.7 Å². The molecule has 1 aromatic carbocycles. The first-order valence-electron chi connectivity index (χ1n) is 13.1. The average molecular weight is 693 g/mol. The van der Waals surface area contributed by atoms with Crippen molar-refractivity contribution in [2.75, 3.05) is 23.7 Å². The lowest BCUT2D eigenvalue weighted by Crippen LogP contribution is -2.48. The molecule has 0 spiro atoms. The molecule has 2 saturated heterocycles. The number of nitrogens with zero attached hydrogens (tertiary/aromatic N) is 4. The monoisotopic (exact) mass is 692 g/mol. The number of carboxylic acid groups (broad SMARTS) is 1. The van der Waals surface area contributed by atoms with E-state index in [1.54, 1.807) is 11.8 Å². The van der Waals surface area contributed by atoms with Crippen LogP contribution in [0.4, 0.5) is 15.0 Å². The van der Waals surface area contributed by atoms with Gasteiger partial charge in [0, 0.05) is 27.8 Å². The summed E-state index contributed by atoms with van der Waals surface area (Å²) in [6.07, 6.45) is 12.8. The van der Waals surface area contributed by atoms with Crippen molar-refractivity contribution in [2.24, 2.45) is 0 Å². The minimum Gasteiger partial charge on any atom is -0.465 e. The summed E-state index contributed by atoms with van der Waals surface area (Å²) < 4.78 is 16.5. The number of carbonyl (C=O) groups is 1. The number of halogens is 3. The van der Waals surface area contributed by atoms with Crippen LogP contribution in [-0.4, -0.2) is 57.0 Å². The number of unbranched alkanes of at least 4 members (excludes halogenated alkanes) is 9. The van der Waals surface area contributed by atoms with Gasteiger partial charge < -0.3 is 14.9 Å². The Morgan fingerprint density at radius 3 is 2.39 bits per heavy atom. The molecule has 2 bridgehead atoms. The molecule has 2 fully saturated rings. The molecule has 0 radical (unpaired) electrons. The smallest absolute Gasteiger partial charge is 0.407 e. The van der Waals surface area contributed by atoms with Crippen LogP contribution in [0.2, 0.25) is 0 Å². The fourth-order valence-electron chi connectivity index (χ4n) is 5.33. The molecule has 2 aliphatic rings. The van der Waals surface area contributed by atoms with Crippen molar-refractivity contribution in [3.05, 3.63) is 19.9 Å². The number of aromatic nitrogens is 2. The molecule has 1 aromatic heterocycles.